The van der Waals surface area contributed by atoms with Gasteiger partial charge in [0, 0.05) is 24.2 Å². The van der Waals surface area contributed by atoms with E-state index >= 15 is 0 Å². The summed E-state index contributed by atoms with van der Waals surface area (Å²) in [6.07, 6.45) is 0.984. The van der Waals surface area contributed by atoms with Gasteiger partial charge in [-0.2, -0.15) is 0 Å². The van der Waals surface area contributed by atoms with Gasteiger partial charge in [-0.3, -0.25) is 39.0 Å². The minimum Gasteiger partial charge on any atom is -0.355 e. The third-order valence-electron chi connectivity index (χ3n) is 7.88. The lowest BCUT2D eigenvalue weighted by Gasteiger charge is -2.27. The third-order valence-corrected chi connectivity index (χ3v) is 7.88. The highest BCUT2D eigenvalue weighted by atomic mass is 16.2. The van der Waals surface area contributed by atoms with Crippen LogP contribution < -0.4 is 16.0 Å². The second-order valence-corrected chi connectivity index (χ2v) is 10.8. The minimum atomic E-state index is -1.08. The SMILES string of the molecule is O=C(Cc1cccc2ccccc12)NCCc1ccc(NC(=O)c2ccc3c(c2)C(=O)N(C2CCC(=O)NC2=O)C3=O)cc1. The lowest BCUT2D eigenvalue weighted by molar-refractivity contribution is -0.136. The maximum atomic E-state index is 13.1. The Morgan fingerprint density at radius 2 is 1.59 bits per heavy atom. The molecule has 6 amide bonds. The van der Waals surface area contributed by atoms with Crippen molar-refractivity contribution in [2.75, 3.05) is 11.9 Å². The van der Waals surface area contributed by atoms with Crippen LogP contribution in [0.5, 0.6) is 0 Å². The second-order valence-electron chi connectivity index (χ2n) is 10.8. The van der Waals surface area contributed by atoms with E-state index in [0.717, 1.165) is 26.8 Å². The molecule has 2 heterocycles. The quantitative estimate of drug-likeness (QED) is 0.270. The molecule has 1 atom stereocenters. The van der Waals surface area contributed by atoms with Gasteiger partial charge in [0.25, 0.3) is 17.7 Å². The predicted molar refractivity (Wildman–Crippen MR) is 162 cm³/mol. The zero-order valence-electron chi connectivity index (χ0n) is 23.6. The Morgan fingerprint density at radius 1 is 0.841 bits per heavy atom. The Hall–Kier alpha value is -5.64. The van der Waals surface area contributed by atoms with Crippen molar-refractivity contribution in [1.82, 2.24) is 15.5 Å². The molecule has 6 rings (SSSR count). The molecule has 0 radical (unpaired) electrons. The van der Waals surface area contributed by atoms with Gasteiger partial charge in [0.2, 0.25) is 17.7 Å². The van der Waals surface area contributed by atoms with Gasteiger partial charge >= 0.3 is 0 Å². The Bertz CT molecular complexity index is 1840. The summed E-state index contributed by atoms with van der Waals surface area (Å²) < 4.78 is 0. The first-order valence-corrected chi connectivity index (χ1v) is 14.3. The monoisotopic (exact) mass is 588 g/mol. The summed E-state index contributed by atoms with van der Waals surface area (Å²) in [6, 6.07) is 24.2. The first-order chi connectivity index (χ1) is 21.3. The number of nitrogens with zero attached hydrogens (tertiary/aromatic N) is 1. The Labute approximate surface area is 252 Å². The molecule has 4 aromatic carbocycles. The van der Waals surface area contributed by atoms with Gasteiger partial charge in [-0.05, 0) is 65.1 Å². The van der Waals surface area contributed by atoms with Crippen LogP contribution in [0, 0.1) is 0 Å². The molecule has 2 aliphatic heterocycles. The fourth-order valence-corrected chi connectivity index (χ4v) is 5.60. The number of benzene rings is 4. The largest absolute Gasteiger partial charge is 0.355 e. The molecule has 3 N–H and O–H groups in total. The molecule has 220 valence electrons. The number of hydrogen-bond donors (Lipinski definition) is 3. The van der Waals surface area contributed by atoms with E-state index in [1.54, 1.807) is 12.1 Å². The van der Waals surface area contributed by atoms with Crippen molar-refractivity contribution >= 4 is 51.9 Å². The summed E-state index contributed by atoms with van der Waals surface area (Å²) in [5.74, 6) is -2.98. The van der Waals surface area contributed by atoms with Gasteiger partial charge in [-0.1, -0.05) is 54.6 Å². The molecule has 44 heavy (non-hydrogen) atoms. The molecule has 0 bridgehead atoms. The first-order valence-electron chi connectivity index (χ1n) is 14.3. The Morgan fingerprint density at radius 3 is 2.39 bits per heavy atom. The average molecular weight is 589 g/mol. The maximum Gasteiger partial charge on any atom is 0.262 e. The van der Waals surface area contributed by atoms with Crippen LogP contribution in [-0.4, -0.2) is 52.9 Å². The topological polar surface area (TPSA) is 142 Å². The number of hydrogen-bond acceptors (Lipinski definition) is 6. The van der Waals surface area contributed by atoms with Crippen molar-refractivity contribution in [3.63, 3.8) is 0 Å². The summed E-state index contributed by atoms with van der Waals surface area (Å²) >= 11 is 0. The van der Waals surface area contributed by atoms with Crippen molar-refractivity contribution in [3.8, 4) is 0 Å². The summed E-state index contributed by atoms with van der Waals surface area (Å²) in [5, 5.41) is 10.1. The van der Waals surface area contributed by atoms with E-state index in [1.807, 2.05) is 54.6 Å². The number of piperidine rings is 1. The normalized spacial score (nSPS) is 16.1. The zero-order valence-corrected chi connectivity index (χ0v) is 23.6. The summed E-state index contributed by atoms with van der Waals surface area (Å²) in [7, 11) is 0. The number of anilines is 1. The molecule has 10 nitrogen and oxygen atoms in total. The highest BCUT2D eigenvalue weighted by molar-refractivity contribution is 6.24. The molecular formula is C34H28N4O6. The van der Waals surface area contributed by atoms with E-state index < -0.39 is 35.6 Å². The molecule has 4 aromatic rings. The highest BCUT2D eigenvalue weighted by Crippen LogP contribution is 2.28. The highest BCUT2D eigenvalue weighted by Gasteiger charge is 2.44. The number of imide groups is 2. The first kappa shape index (κ1) is 28.5. The van der Waals surface area contributed by atoms with Crippen LogP contribution in [0.15, 0.2) is 84.9 Å². The van der Waals surface area contributed by atoms with E-state index in [4.69, 9.17) is 0 Å². The Kier molecular flexibility index (Phi) is 7.72. The summed E-state index contributed by atoms with van der Waals surface area (Å²) in [4.78, 5) is 76.1. The average Bonchev–Trinajstić information content (AvgIpc) is 3.27. The van der Waals surface area contributed by atoms with Crippen molar-refractivity contribution in [2.24, 2.45) is 0 Å². The number of amides is 6. The van der Waals surface area contributed by atoms with Crippen molar-refractivity contribution in [3.05, 3.63) is 113 Å². The number of rotatable bonds is 8. The van der Waals surface area contributed by atoms with Crippen LogP contribution >= 0.6 is 0 Å². The van der Waals surface area contributed by atoms with Crippen molar-refractivity contribution in [2.45, 2.75) is 31.7 Å². The van der Waals surface area contributed by atoms with Gasteiger partial charge in [0.1, 0.15) is 6.04 Å². The number of carbonyl (C=O) groups is 6. The molecule has 10 heteroatoms. The van der Waals surface area contributed by atoms with E-state index in [-0.39, 0.29) is 35.4 Å². The van der Waals surface area contributed by atoms with Gasteiger partial charge < -0.3 is 10.6 Å². The summed E-state index contributed by atoms with van der Waals surface area (Å²) in [6.45, 7) is 0.465. The van der Waals surface area contributed by atoms with Gasteiger partial charge in [0.15, 0.2) is 0 Å². The Balaban J connectivity index is 1.03. The third kappa shape index (κ3) is 5.69. The maximum absolute atomic E-state index is 13.1. The number of fused-ring (bicyclic) bond motifs is 2. The molecular weight excluding hydrogens is 560 g/mol. The fraction of sp³-hybridized carbons (Fsp3) is 0.176. The number of nitrogens with one attached hydrogen (secondary N) is 3. The predicted octanol–water partition coefficient (Wildman–Crippen LogP) is 3.39. The fourth-order valence-electron chi connectivity index (χ4n) is 5.60. The molecule has 1 unspecified atom stereocenters. The van der Waals surface area contributed by atoms with Crippen LogP contribution in [0.3, 0.4) is 0 Å². The van der Waals surface area contributed by atoms with Crippen molar-refractivity contribution < 1.29 is 28.8 Å². The zero-order chi connectivity index (χ0) is 30.8. The van der Waals surface area contributed by atoms with Gasteiger partial charge in [0.05, 0.1) is 17.5 Å². The van der Waals surface area contributed by atoms with E-state index in [1.165, 1.54) is 18.2 Å². The van der Waals surface area contributed by atoms with Crippen LogP contribution in [-0.2, 0) is 27.2 Å². The summed E-state index contributed by atoms with van der Waals surface area (Å²) in [5.41, 5.74) is 2.80. The van der Waals surface area contributed by atoms with Gasteiger partial charge in [-0.15, -0.1) is 0 Å². The van der Waals surface area contributed by atoms with Crippen LogP contribution in [0.1, 0.15) is 55.0 Å². The molecule has 0 spiro atoms. The lowest BCUT2D eigenvalue weighted by atomic mass is 10.0. The van der Waals surface area contributed by atoms with Gasteiger partial charge in [-0.25, -0.2) is 0 Å². The molecule has 0 aliphatic carbocycles. The molecule has 2 aliphatic rings. The van der Waals surface area contributed by atoms with Crippen LogP contribution in [0.4, 0.5) is 5.69 Å². The van der Waals surface area contributed by atoms with E-state index in [9.17, 15) is 28.8 Å². The second kappa shape index (κ2) is 11.9. The van der Waals surface area contributed by atoms with E-state index in [2.05, 4.69) is 16.0 Å². The number of carbonyl (C=O) groups excluding carboxylic acids is 6. The molecule has 0 saturated carbocycles. The molecule has 1 fully saturated rings. The lowest BCUT2D eigenvalue weighted by Crippen LogP contribution is -2.54. The van der Waals surface area contributed by atoms with Crippen molar-refractivity contribution in [1.29, 1.82) is 0 Å². The molecule has 1 saturated heterocycles. The van der Waals surface area contributed by atoms with E-state index in [0.29, 0.717) is 25.1 Å². The minimum absolute atomic E-state index is 0.0246. The smallest absolute Gasteiger partial charge is 0.262 e. The molecule has 0 aromatic heterocycles. The van der Waals surface area contributed by atoms with Crippen LogP contribution in [0.2, 0.25) is 0 Å². The van der Waals surface area contributed by atoms with Crippen LogP contribution in [0.25, 0.3) is 10.8 Å². The standard InChI is InChI=1S/C34H28N4O6/c39-29-15-14-28(32(42)37-29)38-33(43)26-13-10-23(18-27(26)34(38)44)31(41)36-24-11-8-20(9-12-24)16-17-35-30(40)19-22-6-3-5-21-4-1-2-7-25(21)22/h1-13,18,28H,14-17,19H2,(H,35,40)(H,36,41)(H,37,39,42).